The summed E-state index contributed by atoms with van der Waals surface area (Å²) in [6.45, 7) is 0.816. The van der Waals surface area contributed by atoms with Crippen molar-refractivity contribution in [1.29, 1.82) is 0 Å². The normalized spacial score (nSPS) is 12.3. The highest BCUT2D eigenvalue weighted by molar-refractivity contribution is 5.77. The lowest BCUT2D eigenvalue weighted by atomic mass is 10.1. The number of carbonyl (C=O) groups is 1. The van der Waals surface area contributed by atoms with Crippen LogP contribution in [0, 0.1) is 0 Å². The summed E-state index contributed by atoms with van der Waals surface area (Å²) in [5, 5.41) is 3.50. The largest absolute Gasteiger partial charge is 0.454 e. The molecule has 0 saturated heterocycles. The average molecular weight is 379 g/mol. The molecule has 0 atom stereocenters. The molecule has 7 heteroatoms. The van der Waals surface area contributed by atoms with Gasteiger partial charge in [-0.25, -0.2) is 4.98 Å². The highest BCUT2D eigenvalue weighted by Crippen LogP contribution is 2.32. The first-order valence-corrected chi connectivity index (χ1v) is 9.32. The van der Waals surface area contributed by atoms with Crippen LogP contribution in [0.1, 0.15) is 24.2 Å². The van der Waals surface area contributed by atoms with Gasteiger partial charge in [-0.05, 0) is 42.7 Å². The SMILES string of the molecule is O=C(CCCc1nc2ccccc2c(=O)[nH]1)NCCc1ccc2c(c1)OCO2. The standard InChI is InChI=1S/C21H21N3O4/c25-20(22-11-10-14-8-9-17-18(12-14)28-13-27-17)7-3-6-19-23-16-5-2-1-4-15(16)21(26)24-19/h1-2,4-5,8-9,12H,3,6-7,10-11,13H2,(H,22,25)(H,23,24,26). The van der Waals surface area contributed by atoms with Crippen molar-refractivity contribution in [3.63, 3.8) is 0 Å². The lowest BCUT2D eigenvalue weighted by molar-refractivity contribution is -0.121. The Bertz CT molecular complexity index is 1060. The second-order valence-electron chi connectivity index (χ2n) is 6.67. The molecule has 3 aromatic rings. The highest BCUT2D eigenvalue weighted by Gasteiger charge is 2.13. The number of para-hydroxylation sites is 1. The molecule has 2 aromatic carbocycles. The number of H-pyrrole nitrogens is 1. The third-order valence-electron chi connectivity index (χ3n) is 4.65. The fourth-order valence-electron chi connectivity index (χ4n) is 3.20. The Morgan fingerprint density at radius 1 is 1.11 bits per heavy atom. The van der Waals surface area contributed by atoms with Crippen LogP contribution in [0.2, 0.25) is 0 Å². The molecule has 1 aromatic heterocycles. The lowest BCUT2D eigenvalue weighted by Gasteiger charge is -2.06. The van der Waals surface area contributed by atoms with Crippen LogP contribution in [0.25, 0.3) is 10.9 Å². The molecule has 2 heterocycles. The first-order valence-electron chi connectivity index (χ1n) is 9.32. The monoisotopic (exact) mass is 379 g/mol. The van der Waals surface area contributed by atoms with Crippen LogP contribution in [0.3, 0.4) is 0 Å². The summed E-state index contributed by atoms with van der Waals surface area (Å²) >= 11 is 0. The number of hydrogen-bond acceptors (Lipinski definition) is 5. The van der Waals surface area contributed by atoms with E-state index < -0.39 is 0 Å². The minimum absolute atomic E-state index is 0.0103. The third-order valence-corrected chi connectivity index (χ3v) is 4.65. The van der Waals surface area contributed by atoms with Gasteiger partial charge in [0.15, 0.2) is 11.5 Å². The topological polar surface area (TPSA) is 93.3 Å². The van der Waals surface area contributed by atoms with E-state index >= 15 is 0 Å². The van der Waals surface area contributed by atoms with Gasteiger partial charge in [-0.2, -0.15) is 0 Å². The Kier molecular flexibility index (Phi) is 5.23. The van der Waals surface area contributed by atoms with Crippen LogP contribution in [-0.4, -0.2) is 29.2 Å². The predicted octanol–water partition coefficient (Wildman–Crippen LogP) is 2.33. The molecule has 1 aliphatic heterocycles. The molecule has 7 nitrogen and oxygen atoms in total. The van der Waals surface area contributed by atoms with E-state index in [1.165, 1.54) is 0 Å². The zero-order valence-corrected chi connectivity index (χ0v) is 15.4. The number of nitrogens with zero attached hydrogens (tertiary/aromatic N) is 1. The van der Waals surface area contributed by atoms with Gasteiger partial charge in [0.05, 0.1) is 10.9 Å². The number of rotatable bonds is 7. The summed E-state index contributed by atoms with van der Waals surface area (Å²) in [7, 11) is 0. The van der Waals surface area contributed by atoms with Gasteiger partial charge in [-0.3, -0.25) is 9.59 Å². The predicted molar refractivity (Wildman–Crippen MR) is 105 cm³/mol. The van der Waals surface area contributed by atoms with E-state index in [0.29, 0.717) is 42.5 Å². The van der Waals surface area contributed by atoms with Gasteiger partial charge in [0.25, 0.3) is 5.56 Å². The van der Waals surface area contributed by atoms with Gasteiger partial charge in [-0.15, -0.1) is 0 Å². The van der Waals surface area contributed by atoms with Crippen LogP contribution in [0.15, 0.2) is 47.3 Å². The zero-order valence-electron chi connectivity index (χ0n) is 15.4. The van der Waals surface area contributed by atoms with Crippen molar-refractivity contribution >= 4 is 16.8 Å². The van der Waals surface area contributed by atoms with Crippen molar-refractivity contribution in [3.8, 4) is 11.5 Å². The van der Waals surface area contributed by atoms with E-state index in [-0.39, 0.29) is 18.3 Å². The summed E-state index contributed by atoms with van der Waals surface area (Å²) in [5.41, 5.74) is 1.62. The second-order valence-corrected chi connectivity index (χ2v) is 6.67. The molecule has 0 saturated carbocycles. The number of fused-ring (bicyclic) bond motifs is 2. The first-order chi connectivity index (χ1) is 13.7. The van der Waals surface area contributed by atoms with Gasteiger partial charge in [0, 0.05) is 19.4 Å². The van der Waals surface area contributed by atoms with Crippen molar-refractivity contribution in [2.75, 3.05) is 13.3 Å². The Balaban J connectivity index is 1.22. The van der Waals surface area contributed by atoms with E-state index in [1.54, 1.807) is 6.07 Å². The molecule has 0 bridgehead atoms. The van der Waals surface area contributed by atoms with E-state index in [9.17, 15) is 9.59 Å². The van der Waals surface area contributed by atoms with Crippen LogP contribution in [-0.2, 0) is 17.6 Å². The molecule has 0 spiro atoms. The van der Waals surface area contributed by atoms with Gasteiger partial charge in [0.2, 0.25) is 12.7 Å². The maximum atomic E-state index is 12.1. The molecule has 0 fully saturated rings. The van der Waals surface area contributed by atoms with Crippen LogP contribution >= 0.6 is 0 Å². The molecule has 0 aliphatic carbocycles. The maximum absolute atomic E-state index is 12.1. The van der Waals surface area contributed by atoms with Crippen LogP contribution < -0.4 is 20.3 Å². The third kappa shape index (κ3) is 4.14. The Morgan fingerprint density at radius 3 is 2.89 bits per heavy atom. The second kappa shape index (κ2) is 8.12. The number of benzene rings is 2. The maximum Gasteiger partial charge on any atom is 0.258 e. The molecule has 4 rings (SSSR count). The molecule has 0 radical (unpaired) electrons. The Hall–Kier alpha value is -3.35. The van der Waals surface area contributed by atoms with Crippen molar-refractivity contribution in [1.82, 2.24) is 15.3 Å². The van der Waals surface area contributed by atoms with Crippen LogP contribution in [0.5, 0.6) is 11.5 Å². The fourth-order valence-corrected chi connectivity index (χ4v) is 3.20. The Morgan fingerprint density at radius 2 is 1.96 bits per heavy atom. The van der Waals surface area contributed by atoms with Gasteiger partial charge in [0.1, 0.15) is 5.82 Å². The highest BCUT2D eigenvalue weighted by atomic mass is 16.7. The summed E-state index contributed by atoms with van der Waals surface area (Å²) in [6.07, 6.45) is 2.28. The first kappa shape index (κ1) is 18.0. The van der Waals surface area contributed by atoms with E-state index in [0.717, 1.165) is 23.5 Å². The van der Waals surface area contributed by atoms with Crippen molar-refractivity contribution in [2.45, 2.75) is 25.7 Å². The molecular formula is C21H21N3O4. The van der Waals surface area contributed by atoms with Crippen molar-refractivity contribution in [2.24, 2.45) is 0 Å². The van der Waals surface area contributed by atoms with Crippen LogP contribution in [0.4, 0.5) is 0 Å². The minimum atomic E-state index is -0.145. The molecule has 0 unspecified atom stereocenters. The molecule has 2 N–H and O–H groups in total. The number of aryl methyl sites for hydroxylation is 1. The average Bonchev–Trinajstić information content (AvgIpc) is 3.16. The van der Waals surface area contributed by atoms with Crippen molar-refractivity contribution < 1.29 is 14.3 Å². The lowest BCUT2D eigenvalue weighted by Crippen LogP contribution is -2.25. The number of amides is 1. The van der Waals surface area contributed by atoms with Gasteiger partial charge >= 0.3 is 0 Å². The van der Waals surface area contributed by atoms with Crippen molar-refractivity contribution in [3.05, 3.63) is 64.2 Å². The number of nitrogens with one attached hydrogen (secondary N) is 2. The van der Waals surface area contributed by atoms with E-state index in [4.69, 9.17) is 9.47 Å². The van der Waals surface area contributed by atoms with Gasteiger partial charge < -0.3 is 19.8 Å². The van der Waals surface area contributed by atoms with E-state index in [2.05, 4.69) is 15.3 Å². The fraction of sp³-hybridized carbons (Fsp3) is 0.286. The summed E-state index contributed by atoms with van der Waals surface area (Å²) in [6, 6.07) is 13.0. The molecule has 1 amide bonds. The number of ether oxygens (including phenoxy) is 2. The van der Waals surface area contributed by atoms with E-state index in [1.807, 2.05) is 36.4 Å². The molecule has 144 valence electrons. The number of carbonyl (C=O) groups excluding carboxylic acids is 1. The molecular weight excluding hydrogens is 358 g/mol. The zero-order chi connectivity index (χ0) is 19.3. The quantitative estimate of drug-likeness (QED) is 0.657. The number of aromatic nitrogens is 2. The summed E-state index contributed by atoms with van der Waals surface area (Å²) < 4.78 is 10.6. The summed E-state index contributed by atoms with van der Waals surface area (Å²) in [4.78, 5) is 31.3. The van der Waals surface area contributed by atoms with Gasteiger partial charge in [-0.1, -0.05) is 18.2 Å². The molecule has 1 aliphatic rings. The smallest absolute Gasteiger partial charge is 0.258 e. The Labute approximate surface area is 161 Å². The summed E-state index contributed by atoms with van der Waals surface area (Å²) in [5.74, 6) is 2.11. The molecule has 28 heavy (non-hydrogen) atoms. The number of hydrogen-bond donors (Lipinski definition) is 2. The number of aromatic amines is 1. The minimum Gasteiger partial charge on any atom is -0.454 e.